The van der Waals surface area contributed by atoms with Gasteiger partial charge in [0.25, 0.3) is 5.91 Å². The van der Waals surface area contributed by atoms with Crippen LogP contribution in [0.5, 0.6) is 5.75 Å². The van der Waals surface area contributed by atoms with E-state index in [1.807, 2.05) is 78.2 Å². The Hall–Kier alpha value is -3.54. The Morgan fingerprint density at radius 3 is 2.42 bits per heavy atom. The molecule has 1 fully saturated rings. The number of aromatic nitrogens is 1. The van der Waals surface area contributed by atoms with E-state index in [4.69, 9.17) is 4.74 Å². The molecule has 0 radical (unpaired) electrons. The van der Waals surface area contributed by atoms with E-state index in [9.17, 15) is 9.59 Å². The molecule has 1 saturated carbocycles. The molecule has 0 bridgehead atoms. The highest BCUT2D eigenvalue weighted by molar-refractivity contribution is 6.00. The monoisotopic (exact) mass is 485 g/mol. The average Bonchev–Trinajstić information content (AvgIpc) is 3.14. The van der Waals surface area contributed by atoms with Crippen LogP contribution in [0.25, 0.3) is 11.3 Å². The van der Waals surface area contributed by atoms with E-state index in [2.05, 4.69) is 5.32 Å². The van der Waals surface area contributed by atoms with Gasteiger partial charge in [-0.25, -0.2) is 0 Å². The minimum Gasteiger partial charge on any atom is -0.497 e. The zero-order chi connectivity index (χ0) is 25.1. The number of rotatable bonds is 6. The predicted octanol–water partition coefficient (Wildman–Crippen LogP) is 5.42. The fourth-order valence-electron chi connectivity index (χ4n) is 5.60. The number of nitrogens with zero attached hydrogens (tertiary/aromatic N) is 2. The van der Waals surface area contributed by atoms with Crippen molar-refractivity contribution >= 4 is 11.8 Å². The summed E-state index contributed by atoms with van der Waals surface area (Å²) in [5.41, 5.74) is 2.48. The first-order valence-electron chi connectivity index (χ1n) is 13.0. The summed E-state index contributed by atoms with van der Waals surface area (Å²) >= 11 is 0. The third-order valence-electron chi connectivity index (χ3n) is 7.73. The van der Waals surface area contributed by atoms with Crippen molar-refractivity contribution in [1.29, 1.82) is 0 Å². The summed E-state index contributed by atoms with van der Waals surface area (Å²) in [5, 5.41) is 3.34. The lowest BCUT2D eigenvalue weighted by Gasteiger charge is -2.45. The van der Waals surface area contributed by atoms with Crippen molar-refractivity contribution in [3.8, 4) is 17.0 Å². The van der Waals surface area contributed by atoms with Gasteiger partial charge in [0.1, 0.15) is 17.0 Å². The molecule has 2 amide bonds. The molecule has 1 N–H and O–H groups in total. The number of amides is 2. The number of nitrogens with one attached hydrogen (secondary N) is 1. The Bertz CT molecular complexity index is 1230. The molecule has 3 aromatic rings. The Kier molecular flexibility index (Phi) is 6.86. The molecule has 36 heavy (non-hydrogen) atoms. The van der Waals surface area contributed by atoms with Gasteiger partial charge in [-0.3, -0.25) is 9.59 Å². The van der Waals surface area contributed by atoms with E-state index in [-0.39, 0.29) is 17.9 Å². The molecule has 2 aromatic carbocycles. The molecule has 1 aliphatic heterocycles. The van der Waals surface area contributed by atoms with Crippen molar-refractivity contribution in [2.45, 2.75) is 70.1 Å². The van der Waals surface area contributed by atoms with Gasteiger partial charge in [0.05, 0.1) is 13.7 Å². The summed E-state index contributed by atoms with van der Waals surface area (Å²) < 4.78 is 7.42. The molecule has 5 rings (SSSR count). The predicted molar refractivity (Wildman–Crippen MR) is 141 cm³/mol. The molecule has 1 aliphatic carbocycles. The highest BCUT2D eigenvalue weighted by Gasteiger charge is 2.48. The smallest absolute Gasteiger partial charge is 0.271 e. The lowest BCUT2D eigenvalue weighted by Crippen LogP contribution is -2.64. The Balaban J connectivity index is 1.52. The molecule has 1 atom stereocenters. The van der Waals surface area contributed by atoms with Crippen LogP contribution >= 0.6 is 0 Å². The van der Waals surface area contributed by atoms with Crippen molar-refractivity contribution < 1.29 is 14.3 Å². The number of methoxy groups -OCH3 is 1. The summed E-state index contributed by atoms with van der Waals surface area (Å²) in [6.45, 7) is 2.64. The maximum absolute atomic E-state index is 14.0. The highest BCUT2D eigenvalue weighted by atomic mass is 16.5. The standard InChI is InChI=1S/C30H35N3O3/c1-30(29(35)31-24-14-8-3-4-9-15-24)21-32-26(23-12-6-5-7-13-23)17-18-27(32)28(34)33(30)20-22-11-10-16-25(19-22)36-2/h5-7,10-13,16-19,24H,3-4,8-9,14-15,20-21H2,1-2H3,(H,31,35). The second-order valence-electron chi connectivity index (χ2n) is 10.2. The summed E-state index contributed by atoms with van der Waals surface area (Å²) in [6.07, 6.45) is 6.70. The summed E-state index contributed by atoms with van der Waals surface area (Å²) in [4.78, 5) is 29.7. The zero-order valence-electron chi connectivity index (χ0n) is 21.2. The number of carbonyl (C=O) groups is 2. The van der Waals surface area contributed by atoms with E-state index in [0.717, 1.165) is 48.3 Å². The molecule has 0 saturated heterocycles. The van der Waals surface area contributed by atoms with E-state index in [1.165, 1.54) is 12.8 Å². The first kappa shape index (κ1) is 24.2. The number of benzene rings is 2. The molecule has 188 valence electrons. The molecule has 1 unspecified atom stereocenters. The zero-order valence-corrected chi connectivity index (χ0v) is 21.2. The maximum Gasteiger partial charge on any atom is 0.271 e. The van der Waals surface area contributed by atoms with Crippen molar-refractivity contribution in [2.24, 2.45) is 0 Å². The van der Waals surface area contributed by atoms with E-state index in [1.54, 1.807) is 12.0 Å². The number of hydrogen-bond acceptors (Lipinski definition) is 3. The molecule has 6 heteroatoms. The van der Waals surface area contributed by atoms with Crippen LogP contribution in [0.15, 0.2) is 66.7 Å². The third-order valence-corrected chi connectivity index (χ3v) is 7.73. The first-order chi connectivity index (χ1) is 17.5. The first-order valence-corrected chi connectivity index (χ1v) is 13.0. The van der Waals surface area contributed by atoms with Gasteiger partial charge >= 0.3 is 0 Å². The Morgan fingerprint density at radius 1 is 0.972 bits per heavy atom. The van der Waals surface area contributed by atoms with Gasteiger partial charge in [0.15, 0.2) is 0 Å². The Labute approximate surface area is 213 Å². The number of ether oxygens (including phenoxy) is 1. The fourth-order valence-corrected chi connectivity index (χ4v) is 5.60. The molecule has 2 heterocycles. The van der Waals surface area contributed by atoms with Crippen LogP contribution in [0, 0.1) is 0 Å². The normalized spacial score (nSPS) is 20.5. The SMILES string of the molecule is COc1cccc(CN2C(=O)c3ccc(-c4ccccc4)n3CC2(C)C(=O)NC2CCCCCC2)c1. The van der Waals surface area contributed by atoms with Gasteiger partial charge in [-0.1, -0.05) is 68.1 Å². The van der Waals surface area contributed by atoms with Crippen molar-refractivity contribution in [3.63, 3.8) is 0 Å². The highest BCUT2D eigenvalue weighted by Crippen LogP contribution is 2.35. The van der Waals surface area contributed by atoms with Crippen LogP contribution in [-0.2, 0) is 17.9 Å². The van der Waals surface area contributed by atoms with Gasteiger partial charge in [-0.15, -0.1) is 0 Å². The fraction of sp³-hybridized carbons (Fsp3) is 0.400. The molecular formula is C30H35N3O3. The average molecular weight is 486 g/mol. The third kappa shape index (κ3) is 4.64. The van der Waals surface area contributed by atoms with Crippen LogP contribution in [-0.4, -0.2) is 40.0 Å². The number of hydrogen-bond donors (Lipinski definition) is 1. The van der Waals surface area contributed by atoms with Crippen LogP contribution in [0.3, 0.4) is 0 Å². The quantitative estimate of drug-likeness (QED) is 0.475. The number of fused-ring (bicyclic) bond motifs is 1. The van der Waals surface area contributed by atoms with Crippen LogP contribution in [0.1, 0.15) is 61.5 Å². The van der Waals surface area contributed by atoms with Crippen LogP contribution < -0.4 is 10.1 Å². The largest absolute Gasteiger partial charge is 0.497 e. The van der Waals surface area contributed by atoms with Crippen molar-refractivity contribution in [1.82, 2.24) is 14.8 Å². The minimum atomic E-state index is -1.04. The van der Waals surface area contributed by atoms with Gasteiger partial charge in [0.2, 0.25) is 5.91 Å². The Morgan fingerprint density at radius 2 is 1.69 bits per heavy atom. The summed E-state index contributed by atoms with van der Waals surface area (Å²) in [6, 6.07) is 21.8. The van der Waals surface area contributed by atoms with Gasteiger partial charge in [0, 0.05) is 18.3 Å². The minimum absolute atomic E-state index is 0.0796. The molecular weight excluding hydrogens is 450 g/mol. The molecule has 2 aliphatic rings. The van der Waals surface area contributed by atoms with Crippen molar-refractivity contribution in [3.05, 3.63) is 78.0 Å². The van der Waals surface area contributed by atoms with Gasteiger partial charge in [-0.05, 0) is 55.2 Å². The second-order valence-corrected chi connectivity index (χ2v) is 10.2. The lowest BCUT2D eigenvalue weighted by atomic mass is 9.92. The summed E-state index contributed by atoms with van der Waals surface area (Å²) in [5.74, 6) is 0.519. The molecule has 1 aromatic heterocycles. The number of carbonyl (C=O) groups excluding carboxylic acids is 2. The van der Waals surface area contributed by atoms with Crippen LogP contribution in [0.2, 0.25) is 0 Å². The van der Waals surface area contributed by atoms with E-state index >= 15 is 0 Å². The van der Waals surface area contributed by atoms with E-state index < -0.39 is 5.54 Å². The van der Waals surface area contributed by atoms with Crippen LogP contribution in [0.4, 0.5) is 0 Å². The lowest BCUT2D eigenvalue weighted by molar-refractivity contribution is -0.134. The van der Waals surface area contributed by atoms with Gasteiger partial charge in [-0.2, -0.15) is 0 Å². The summed E-state index contributed by atoms with van der Waals surface area (Å²) in [7, 11) is 1.63. The topological polar surface area (TPSA) is 63.6 Å². The van der Waals surface area contributed by atoms with Crippen molar-refractivity contribution in [2.75, 3.05) is 7.11 Å². The van der Waals surface area contributed by atoms with Gasteiger partial charge < -0.3 is 19.5 Å². The molecule has 6 nitrogen and oxygen atoms in total. The maximum atomic E-state index is 14.0. The molecule has 0 spiro atoms. The second kappa shape index (κ2) is 10.2. The van der Waals surface area contributed by atoms with E-state index in [0.29, 0.717) is 18.8 Å².